The molecule has 1 aromatic carbocycles. The zero-order chi connectivity index (χ0) is 15.2. The Morgan fingerprint density at radius 3 is 2.67 bits per heavy atom. The highest BCUT2D eigenvalue weighted by molar-refractivity contribution is 5.94. The first-order valence-electron chi connectivity index (χ1n) is 7.48. The van der Waals surface area contributed by atoms with Gasteiger partial charge in [0, 0.05) is 0 Å². The minimum atomic E-state index is -0.384. The van der Waals surface area contributed by atoms with Crippen LogP contribution in [0.1, 0.15) is 43.9 Å². The Hall–Kier alpha value is -1.81. The summed E-state index contributed by atoms with van der Waals surface area (Å²) in [5, 5.41) is 12.5. The van der Waals surface area contributed by atoms with Crippen molar-refractivity contribution >= 4 is 5.91 Å². The third-order valence-corrected chi connectivity index (χ3v) is 3.87. The number of aliphatic hydroxyl groups excluding tert-OH is 1. The molecule has 1 aliphatic rings. The van der Waals surface area contributed by atoms with Gasteiger partial charge in [0.05, 0.1) is 24.8 Å². The summed E-state index contributed by atoms with van der Waals surface area (Å²) in [7, 11) is 0. The van der Waals surface area contributed by atoms with E-state index < -0.39 is 0 Å². The molecule has 1 atom stereocenters. The standard InChI is InChI=1S/C17H23NO3/c1-3-13-6-8-14(9-7-13)16(11-19)18-17(20)15-5-4-10-21-12(15)2/h6-9,16,19H,3-5,10-11H2,1-2H3,(H,18,20). The maximum Gasteiger partial charge on any atom is 0.251 e. The molecule has 0 aromatic heterocycles. The number of carbonyl (C=O) groups is 1. The normalized spacial score (nSPS) is 16.3. The van der Waals surface area contributed by atoms with E-state index in [1.165, 1.54) is 5.56 Å². The molecule has 0 bridgehead atoms. The van der Waals surface area contributed by atoms with Gasteiger partial charge in [0.25, 0.3) is 5.91 Å². The molecule has 0 spiro atoms. The van der Waals surface area contributed by atoms with Crippen LogP contribution in [0.2, 0.25) is 0 Å². The molecule has 0 radical (unpaired) electrons. The fourth-order valence-corrected chi connectivity index (χ4v) is 2.48. The quantitative estimate of drug-likeness (QED) is 0.875. The highest BCUT2D eigenvalue weighted by atomic mass is 16.5. The van der Waals surface area contributed by atoms with Gasteiger partial charge in [-0.1, -0.05) is 31.2 Å². The van der Waals surface area contributed by atoms with Crippen molar-refractivity contribution in [3.05, 3.63) is 46.7 Å². The van der Waals surface area contributed by atoms with E-state index in [9.17, 15) is 9.90 Å². The largest absolute Gasteiger partial charge is 0.498 e. The van der Waals surface area contributed by atoms with Crippen molar-refractivity contribution in [2.75, 3.05) is 13.2 Å². The average molecular weight is 289 g/mol. The summed E-state index contributed by atoms with van der Waals surface area (Å²) >= 11 is 0. The molecule has 114 valence electrons. The van der Waals surface area contributed by atoms with Gasteiger partial charge in [0.15, 0.2) is 0 Å². The molecule has 0 aliphatic carbocycles. The predicted molar refractivity (Wildman–Crippen MR) is 81.7 cm³/mol. The molecular weight excluding hydrogens is 266 g/mol. The van der Waals surface area contributed by atoms with Gasteiger partial charge in [-0.05, 0) is 37.3 Å². The van der Waals surface area contributed by atoms with E-state index in [0.717, 1.165) is 24.8 Å². The molecule has 0 saturated carbocycles. The molecule has 1 heterocycles. The van der Waals surface area contributed by atoms with E-state index >= 15 is 0 Å². The summed E-state index contributed by atoms with van der Waals surface area (Å²) in [5.41, 5.74) is 2.84. The van der Waals surface area contributed by atoms with Crippen LogP contribution in [0, 0.1) is 0 Å². The third-order valence-electron chi connectivity index (χ3n) is 3.87. The van der Waals surface area contributed by atoms with Crippen LogP contribution in [0.3, 0.4) is 0 Å². The van der Waals surface area contributed by atoms with Gasteiger partial charge in [0.2, 0.25) is 0 Å². The minimum absolute atomic E-state index is 0.121. The van der Waals surface area contributed by atoms with Crippen molar-refractivity contribution in [3.63, 3.8) is 0 Å². The second kappa shape index (κ2) is 7.27. The van der Waals surface area contributed by atoms with Crippen molar-refractivity contribution in [1.29, 1.82) is 0 Å². The number of carbonyl (C=O) groups excluding carboxylic acids is 1. The van der Waals surface area contributed by atoms with E-state index in [0.29, 0.717) is 17.9 Å². The van der Waals surface area contributed by atoms with Gasteiger partial charge in [-0.25, -0.2) is 0 Å². The number of hydrogen-bond acceptors (Lipinski definition) is 3. The Morgan fingerprint density at radius 2 is 2.10 bits per heavy atom. The predicted octanol–water partition coefficient (Wildman–Crippen LogP) is 2.48. The van der Waals surface area contributed by atoms with Gasteiger partial charge in [0.1, 0.15) is 5.76 Å². The number of rotatable bonds is 5. The second-order valence-corrected chi connectivity index (χ2v) is 5.29. The van der Waals surface area contributed by atoms with Crippen LogP contribution in [-0.4, -0.2) is 24.2 Å². The lowest BCUT2D eigenvalue weighted by Gasteiger charge is -2.22. The smallest absolute Gasteiger partial charge is 0.251 e. The lowest BCUT2D eigenvalue weighted by molar-refractivity contribution is -0.119. The number of benzene rings is 1. The summed E-state index contributed by atoms with van der Waals surface area (Å²) in [5.74, 6) is 0.544. The second-order valence-electron chi connectivity index (χ2n) is 5.29. The molecule has 0 saturated heterocycles. The lowest BCUT2D eigenvalue weighted by Crippen LogP contribution is -2.33. The number of allylic oxidation sites excluding steroid dienone is 1. The zero-order valence-corrected chi connectivity index (χ0v) is 12.7. The summed E-state index contributed by atoms with van der Waals surface area (Å²) in [6.45, 7) is 4.46. The molecular formula is C17H23NO3. The Balaban J connectivity index is 2.09. The summed E-state index contributed by atoms with van der Waals surface area (Å²) < 4.78 is 5.42. The van der Waals surface area contributed by atoms with Gasteiger partial charge in [-0.2, -0.15) is 0 Å². The number of amides is 1. The summed E-state index contributed by atoms with van der Waals surface area (Å²) in [6, 6.07) is 7.58. The Labute approximate surface area is 125 Å². The van der Waals surface area contributed by atoms with Crippen molar-refractivity contribution in [2.24, 2.45) is 0 Å². The monoisotopic (exact) mass is 289 g/mol. The van der Waals surface area contributed by atoms with Gasteiger partial charge in [-0.3, -0.25) is 4.79 Å². The molecule has 21 heavy (non-hydrogen) atoms. The molecule has 4 nitrogen and oxygen atoms in total. The van der Waals surface area contributed by atoms with Gasteiger partial charge < -0.3 is 15.2 Å². The summed E-state index contributed by atoms with van der Waals surface area (Å²) in [6.07, 6.45) is 2.56. The van der Waals surface area contributed by atoms with Crippen LogP contribution in [0.25, 0.3) is 0 Å². The maximum absolute atomic E-state index is 12.3. The average Bonchev–Trinajstić information content (AvgIpc) is 2.53. The molecule has 4 heteroatoms. The van der Waals surface area contributed by atoms with E-state index in [4.69, 9.17) is 4.74 Å². The van der Waals surface area contributed by atoms with E-state index in [1.807, 2.05) is 31.2 Å². The first kappa shape index (κ1) is 15.6. The molecule has 1 amide bonds. The fourth-order valence-electron chi connectivity index (χ4n) is 2.48. The van der Waals surface area contributed by atoms with E-state index in [-0.39, 0.29) is 18.6 Å². The lowest BCUT2D eigenvalue weighted by atomic mass is 10.0. The van der Waals surface area contributed by atoms with Crippen LogP contribution in [0.15, 0.2) is 35.6 Å². The highest BCUT2D eigenvalue weighted by Gasteiger charge is 2.21. The Kier molecular flexibility index (Phi) is 5.39. The highest BCUT2D eigenvalue weighted by Crippen LogP contribution is 2.21. The van der Waals surface area contributed by atoms with Crippen LogP contribution in [-0.2, 0) is 16.0 Å². The number of hydrogen-bond donors (Lipinski definition) is 2. The third kappa shape index (κ3) is 3.85. The zero-order valence-electron chi connectivity index (χ0n) is 12.7. The van der Waals surface area contributed by atoms with Crippen LogP contribution in [0.5, 0.6) is 0 Å². The molecule has 1 unspecified atom stereocenters. The van der Waals surface area contributed by atoms with Crippen LogP contribution >= 0.6 is 0 Å². The number of aliphatic hydroxyl groups is 1. The Bertz CT molecular complexity index is 519. The summed E-state index contributed by atoms with van der Waals surface area (Å²) in [4.78, 5) is 12.3. The van der Waals surface area contributed by atoms with Crippen LogP contribution < -0.4 is 5.32 Å². The first-order valence-corrected chi connectivity index (χ1v) is 7.48. The van der Waals surface area contributed by atoms with Crippen molar-refractivity contribution < 1.29 is 14.6 Å². The van der Waals surface area contributed by atoms with Crippen LogP contribution in [0.4, 0.5) is 0 Å². The van der Waals surface area contributed by atoms with E-state index in [1.54, 1.807) is 0 Å². The maximum atomic E-state index is 12.3. The molecule has 1 aliphatic heterocycles. The Morgan fingerprint density at radius 1 is 1.38 bits per heavy atom. The minimum Gasteiger partial charge on any atom is -0.498 e. The molecule has 0 fully saturated rings. The van der Waals surface area contributed by atoms with Crippen molar-refractivity contribution in [2.45, 2.75) is 39.2 Å². The van der Waals surface area contributed by atoms with Gasteiger partial charge in [-0.15, -0.1) is 0 Å². The van der Waals surface area contributed by atoms with E-state index in [2.05, 4.69) is 12.2 Å². The molecule has 2 rings (SSSR count). The van der Waals surface area contributed by atoms with Crippen molar-refractivity contribution in [3.8, 4) is 0 Å². The van der Waals surface area contributed by atoms with Gasteiger partial charge >= 0.3 is 0 Å². The molecule has 2 N–H and O–H groups in total. The first-order chi connectivity index (χ1) is 10.2. The van der Waals surface area contributed by atoms with Crippen molar-refractivity contribution in [1.82, 2.24) is 5.32 Å². The topological polar surface area (TPSA) is 58.6 Å². The fraction of sp³-hybridized carbons (Fsp3) is 0.471. The SMILES string of the molecule is CCc1ccc(C(CO)NC(=O)C2=C(C)OCCC2)cc1. The number of ether oxygens (including phenoxy) is 1. The number of aryl methyl sites for hydroxylation is 1. The molecule has 1 aromatic rings. The number of nitrogens with one attached hydrogen (secondary N) is 1.